The highest BCUT2D eigenvalue weighted by Gasteiger charge is 2.29. The fraction of sp³-hybridized carbons (Fsp3) is 0.160. The molecule has 3 aromatic rings. The Balaban J connectivity index is 1.66. The molecule has 160 valence electrons. The van der Waals surface area contributed by atoms with E-state index in [1.807, 2.05) is 43.3 Å². The molecule has 0 fully saturated rings. The van der Waals surface area contributed by atoms with Crippen molar-refractivity contribution in [3.8, 4) is 16.9 Å². The highest BCUT2D eigenvalue weighted by molar-refractivity contribution is 5.74. The van der Waals surface area contributed by atoms with Crippen LogP contribution in [0.3, 0.4) is 0 Å². The molecule has 0 saturated heterocycles. The van der Waals surface area contributed by atoms with Crippen LogP contribution in [0.1, 0.15) is 22.3 Å². The molecule has 3 nitrogen and oxygen atoms in total. The maximum atomic E-state index is 12.6. The van der Waals surface area contributed by atoms with E-state index >= 15 is 0 Å². The molecule has 0 bridgehead atoms. The van der Waals surface area contributed by atoms with Crippen molar-refractivity contribution in [1.29, 1.82) is 0 Å². The van der Waals surface area contributed by atoms with Gasteiger partial charge in [0.15, 0.2) is 0 Å². The molecule has 1 N–H and O–H groups in total. The van der Waals surface area contributed by atoms with Crippen LogP contribution in [0, 0.1) is 6.92 Å². The fourth-order valence-corrected chi connectivity index (χ4v) is 3.13. The van der Waals surface area contributed by atoms with Crippen molar-refractivity contribution >= 4 is 12.0 Å². The number of carbonyl (C=O) groups is 1. The van der Waals surface area contributed by atoms with E-state index in [4.69, 9.17) is 9.84 Å². The zero-order valence-corrected chi connectivity index (χ0v) is 16.8. The molecule has 0 aliphatic carbocycles. The van der Waals surface area contributed by atoms with Crippen LogP contribution in [-0.2, 0) is 17.4 Å². The van der Waals surface area contributed by atoms with Crippen LogP contribution >= 0.6 is 0 Å². The largest absolute Gasteiger partial charge is 0.490 e. The summed E-state index contributed by atoms with van der Waals surface area (Å²) < 4.78 is 43.6. The van der Waals surface area contributed by atoms with Gasteiger partial charge in [-0.05, 0) is 65.1 Å². The van der Waals surface area contributed by atoms with E-state index in [1.165, 1.54) is 12.1 Å². The lowest BCUT2D eigenvalue weighted by atomic mass is 9.97. The van der Waals surface area contributed by atoms with Crippen LogP contribution in [0.15, 0.2) is 72.8 Å². The van der Waals surface area contributed by atoms with Crippen LogP contribution in [0.25, 0.3) is 17.2 Å². The summed E-state index contributed by atoms with van der Waals surface area (Å²) in [7, 11) is 0. The lowest BCUT2D eigenvalue weighted by molar-refractivity contribution is -0.138. The molecular weight excluding hydrogens is 405 g/mol. The number of aryl methyl sites for hydroxylation is 1. The number of halogens is 3. The molecule has 0 saturated carbocycles. The van der Waals surface area contributed by atoms with E-state index in [2.05, 4.69) is 0 Å². The third kappa shape index (κ3) is 6.22. The van der Waals surface area contributed by atoms with E-state index in [0.717, 1.165) is 34.4 Å². The zero-order valence-electron chi connectivity index (χ0n) is 16.8. The Bertz CT molecular complexity index is 1080. The smallest absolute Gasteiger partial charge is 0.416 e. The molecule has 6 heteroatoms. The molecule has 0 amide bonds. The lowest BCUT2D eigenvalue weighted by Gasteiger charge is -2.10. The third-order valence-electron chi connectivity index (χ3n) is 4.70. The number of hydrogen-bond acceptors (Lipinski definition) is 2. The van der Waals surface area contributed by atoms with Gasteiger partial charge < -0.3 is 9.84 Å². The predicted molar refractivity (Wildman–Crippen MR) is 114 cm³/mol. The van der Waals surface area contributed by atoms with Crippen molar-refractivity contribution in [3.63, 3.8) is 0 Å². The second-order valence-corrected chi connectivity index (χ2v) is 7.08. The van der Waals surface area contributed by atoms with Gasteiger partial charge in [-0.1, -0.05) is 48.5 Å². The van der Waals surface area contributed by atoms with Crippen molar-refractivity contribution in [2.45, 2.75) is 19.5 Å². The van der Waals surface area contributed by atoms with Gasteiger partial charge in [0, 0.05) is 0 Å². The number of aliphatic carboxylic acids is 1. The lowest BCUT2D eigenvalue weighted by Crippen LogP contribution is -2.03. The van der Waals surface area contributed by atoms with E-state index in [9.17, 15) is 18.0 Å². The van der Waals surface area contributed by atoms with Crippen molar-refractivity contribution in [3.05, 3.63) is 95.1 Å². The van der Waals surface area contributed by atoms with Gasteiger partial charge in [0.1, 0.15) is 12.4 Å². The van der Waals surface area contributed by atoms with Gasteiger partial charge in [0.2, 0.25) is 0 Å². The van der Waals surface area contributed by atoms with Gasteiger partial charge in [0.25, 0.3) is 0 Å². The summed E-state index contributed by atoms with van der Waals surface area (Å²) in [6.07, 6.45) is -0.961. The van der Waals surface area contributed by atoms with Gasteiger partial charge in [-0.3, -0.25) is 4.79 Å². The highest BCUT2D eigenvalue weighted by atomic mass is 19.4. The van der Waals surface area contributed by atoms with E-state index in [-0.39, 0.29) is 13.0 Å². The van der Waals surface area contributed by atoms with Crippen molar-refractivity contribution in [2.75, 3.05) is 6.61 Å². The number of rotatable bonds is 7. The van der Waals surface area contributed by atoms with Crippen LogP contribution in [0.4, 0.5) is 13.2 Å². The Morgan fingerprint density at radius 3 is 2.45 bits per heavy atom. The number of carboxylic acids is 1. The van der Waals surface area contributed by atoms with Crippen molar-refractivity contribution in [2.24, 2.45) is 0 Å². The maximum Gasteiger partial charge on any atom is 0.416 e. The summed E-state index contributed by atoms with van der Waals surface area (Å²) >= 11 is 0. The Hall–Kier alpha value is -3.54. The first-order chi connectivity index (χ1) is 14.7. The Morgan fingerprint density at radius 2 is 1.77 bits per heavy atom. The minimum atomic E-state index is -4.35. The SMILES string of the molecule is Cc1ccc(CC(=O)O)cc1-c1cccc(OCC=Cc2ccc(C(F)(F)F)cc2)c1. The summed E-state index contributed by atoms with van der Waals surface area (Å²) in [5, 5.41) is 9.02. The summed E-state index contributed by atoms with van der Waals surface area (Å²) in [5.74, 6) is -0.246. The fourth-order valence-electron chi connectivity index (χ4n) is 3.13. The topological polar surface area (TPSA) is 46.5 Å². The van der Waals surface area contributed by atoms with Crippen LogP contribution < -0.4 is 4.74 Å². The van der Waals surface area contributed by atoms with E-state index in [1.54, 1.807) is 18.2 Å². The summed E-state index contributed by atoms with van der Waals surface area (Å²) in [5.41, 5.74) is 3.56. The van der Waals surface area contributed by atoms with Gasteiger partial charge in [-0.15, -0.1) is 0 Å². The van der Waals surface area contributed by atoms with E-state index < -0.39 is 17.7 Å². The first-order valence-electron chi connectivity index (χ1n) is 9.61. The normalized spacial score (nSPS) is 11.6. The van der Waals surface area contributed by atoms with Crippen LogP contribution in [-0.4, -0.2) is 17.7 Å². The standard InChI is InChI=1S/C25H21F3O3/c1-17-7-8-19(15-24(29)30)14-23(17)20-5-2-6-22(16-20)31-13-3-4-18-9-11-21(12-10-18)25(26,27)28/h2-12,14,16H,13,15H2,1H3,(H,29,30). The second-order valence-electron chi connectivity index (χ2n) is 7.08. The minimum absolute atomic E-state index is 0.0434. The molecule has 3 aromatic carbocycles. The molecule has 0 radical (unpaired) electrons. The van der Waals surface area contributed by atoms with Crippen LogP contribution in [0.2, 0.25) is 0 Å². The number of carboxylic acid groups (broad SMARTS) is 1. The third-order valence-corrected chi connectivity index (χ3v) is 4.70. The van der Waals surface area contributed by atoms with Crippen molar-refractivity contribution in [1.82, 2.24) is 0 Å². The highest BCUT2D eigenvalue weighted by Crippen LogP contribution is 2.30. The predicted octanol–water partition coefficient (Wildman–Crippen LogP) is 6.40. The molecule has 0 unspecified atom stereocenters. The molecule has 31 heavy (non-hydrogen) atoms. The molecule has 0 heterocycles. The molecule has 0 aliphatic heterocycles. The molecule has 0 aromatic heterocycles. The second kappa shape index (κ2) is 9.51. The minimum Gasteiger partial charge on any atom is -0.490 e. The Morgan fingerprint density at radius 1 is 1.03 bits per heavy atom. The molecule has 0 atom stereocenters. The Kier molecular flexibility index (Phi) is 6.80. The number of alkyl halides is 3. The molecule has 3 rings (SSSR count). The molecular formula is C25H21F3O3. The van der Waals surface area contributed by atoms with Crippen molar-refractivity contribution < 1.29 is 27.8 Å². The zero-order chi connectivity index (χ0) is 22.4. The first kappa shape index (κ1) is 22.2. The van der Waals surface area contributed by atoms with Crippen LogP contribution in [0.5, 0.6) is 5.75 Å². The molecule has 0 aliphatic rings. The first-order valence-corrected chi connectivity index (χ1v) is 9.61. The molecule has 0 spiro atoms. The van der Waals surface area contributed by atoms with Gasteiger partial charge in [0.05, 0.1) is 12.0 Å². The number of benzene rings is 3. The van der Waals surface area contributed by atoms with Gasteiger partial charge in [-0.25, -0.2) is 0 Å². The summed E-state index contributed by atoms with van der Waals surface area (Å²) in [4.78, 5) is 11.0. The average Bonchev–Trinajstić information content (AvgIpc) is 2.72. The number of ether oxygens (including phenoxy) is 1. The Labute approximate surface area is 178 Å². The van der Waals surface area contributed by atoms with E-state index in [0.29, 0.717) is 11.3 Å². The quantitative estimate of drug-likeness (QED) is 0.476. The van der Waals surface area contributed by atoms with Gasteiger partial charge >= 0.3 is 12.1 Å². The summed E-state index contributed by atoms with van der Waals surface area (Å²) in [6.45, 7) is 2.21. The maximum absolute atomic E-state index is 12.6. The summed E-state index contributed by atoms with van der Waals surface area (Å²) in [6, 6.07) is 18.0. The monoisotopic (exact) mass is 426 g/mol. The number of hydrogen-bond donors (Lipinski definition) is 1. The van der Waals surface area contributed by atoms with Gasteiger partial charge in [-0.2, -0.15) is 13.2 Å². The average molecular weight is 426 g/mol.